The van der Waals surface area contributed by atoms with Crippen LogP contribution in [0.2, 0.25) is 0 Å². The highest BCUT2D eigenvalue weighted by atomic mass is 16.5. The molecule has 4 heteroatoms. The van der Waals surface area contributed by atoms with Crippen LogP contribution in [0, 0.1) is 0 Å². The molecule has 1 aromatic carbocycles. The minimum absolute atomic E-state index is 0.0296. The van der Waals surface area contributed by atoms with Gasteiger partial charge >= 0.3 is 0 Å². The number of piperidine rings is 1. The van der Waals surface area contributed by atoms with E-state index in [1.54, 1.807) is 12.1 Å². The molecule has 0 bridgehead atoms. The first-order chi connectivity index (χ1) is 11.8. The van der Waals surface area contributed by atoms with Gasteiger partial charge in [-0.1, -0.05) is 25.7 Å². The van der Waals surface area contributed by atoms with Gasteiger partial charge in [0.15, 0.2) is 5.43 Å². The number of rotatable bonds is 8. The molecule has 0 amide bonds. The summed E-state index contributed by atoms with van der Waals surface area (Å²) in [5, 5.41) is 4.18. The molecule has 1 saturated heterocycles. The first kappa shape index (κ1) is 17.0. The second-order valence-electron chi connectivity index (χ2n) is 6.64. The number of fused-ring (bicyclic) bond motifs is 1. The molecular formula is C20H27NO3. The minimum atomic E-state index is -0.0296. The van der Waals surface area contributed by atoms with Gasteiger partial charge in [0.05, 0.1) is 18.3 Å². The molecule has 24 heavy (non-hydrogen) atoms. The lowest BCUT2D eigenvalue weighted by Gasteiger charge is -2.23. The number of benzene rings is 1. The van der Waals surface area contributed by atoms with E-state index < -0.39 is 0 Å². The Kier molecular flexibility index (Phi) is 6.30. The van der Waals surface area contributed by atoms with Crippen LogP contribution in [0.25, 0.3) is 11.0 Å². The third kappa shape index (κ3) is 4.84. The minimum Gasteiger partial charge on any atom is -0.494 e. The summed E-state index contributed by atoms with van der Waals surface area (Å²) in [5.74, 6) is 0.743. The quantitative estimate of drug-likeness (QED) is 0.735. The van der Waals surface area contributed by atoms with Gasteiger partial charge in [-0.3, -0.25) is 4.79 Å². The lowest BCUT2D eigenvalue weighted by molar-refractivity contribution is 0.302. The maximum atomic E-state index is 11.8. The zero-order valence-corrected chi connectivity index (χ0v) is 14.3. The van der Waals surface area contributed by atoms with E-state index in [1.807, 2.05) is 6.07 Å². The van der Waals surface area contributed by atoms with Gasteiger partial charge in [-0.2, -0.15) is 0 Å². The average Bonchev–Trinajstić information content (AvgIpc) is 2.62. The summed E-state index contributed by atoms with van der Waals surface area (Å²) in [7, 11) is 0. The van der Waals surface area contributed by atoms with Crippen LogP contribution in [-0.4, -0.2) is 19.2 Å². The molecule has 0 spiro atoms. The van der Waals surface area contributed by atoms with Crippen LogP contribution >= 0.6 is 0 Å². The van der Waals surface area contributed by atoms with E-state index in [0.29, 0.717) is 17.6 Å². The van der Waals surface area contributed by atoms with Crippen LogP contribution in [0.3, 0.4) is 0 Å². The lowest BCUT2D eigenvalue weighted by Crippen LogP contribution is -2.33. The van der Waals surface area contributed by atoms with Gasteiger partial charge in [-0.05, 0) is 50.4 Å². The Hall–Kier alpha value is -1.81. The summed E-state index contributed by atoms with van der Waals surface area (Å²) < 4.78 is 11.1. The van der Waals surface area contributed by atoms with Gasteiger partial charge in [-0.25, -0.2) is 0 Å². The van der Waals surface area contributed by atoms with Crippen molar-refractivity contribution in [2.45, 2.75) is 57.4 Å². The number of hydrogen-bond donors (Lipinski definition) is 1. The Morgan fingerprint density at radius 1 is 1.12 bits per heavy atom. The summed E-state index contributed by atoms with van der Waals surface area (Å²) >= 11 is 0. The van der Waals surface area contributed by atoms with Crippen molar-refractivity contribution >= 4 is 11.0 Å². The van der Waals surface area contributed by atoms with Crippen molar-refractivity contribution in [1.82, 2.24) is 5.32 Å². The second-order valence-corrected chi connectivity index (χ2v) is 6.64. The molecule has 1 N–H and O–H groups in total. The van der Waals surface area contributed by atoms with Crippen molar-refractivity contribution in [1.29, 1.82) is 0 Å². The highest BCUT2D eigenvalue weighted by molar-refractivity contribution is 5.77. The average molecular weight is 329 g/mol. The van der Waals surface area contributed by atoms with Crippen molar-refractivity contribution in [2.75, 3.05) is 13.2 Å². The zero-order valence-electron chi connectivity index (χ0n) is 14.3. The molecule has 1 aromatic heterocycles. The summed E-state index contributed by atoms with van der Waals surface area (Å²) in [6, 6.07) is 7.62. The second kappa shape index (κ2) is 8.88. The molecule has 1 atom stereocenters. The first-order valence-electron chi connectivity index (χ1n) is 9.21. The summed E-state index contributed by atoms with van der Waals surface area (Å²) in [6.45, 7) is 1.90. The summed E-state index contributed by atoms with van der Waals surface area (Å²) in [6.07, 6.45) is 11.6. The van der Waals surface area contributed by atoms with E-state index in [0.717, 1.165) is 18.2 Å². The van der Waals surface area contributed by atoms with Gasteiger partial charge in [0.1, 0.15) is 11.3 Å². The van der Waals surface area contributed by atoms with E-state index >= 15 is 0 Å². The highest BCUT2D eigenvalue weighted by Crippen LogP contribution is 2.19. The van der Waals surface area contributed by atoms with Crippen LogP contribution in [0.15, 0.2) is 39.7 Å². The van der Waals surface area contributed by atoms with E-state index in [2.05, 4.69) is 5.32 Å². The molecule has 1 unspecified atom stereocenters. The molecule has 0 saturated carbocycles. The maximum Gasteiger partial charge on any atom is 0.192 e. The summed E-state index contributed by atoms with van der Waals surface area (Å²) in [5.41, 5.74) is 0.573. The molecule has 130 valence electrons. The fraction of sp³-hybridized carbons (Fsp3) is 0.550. The molecule has 1 fully saturated rings. The van der Waals surface area contributed by atoms with Gasteiger partial charge in [0, 0.05) is 12.1 Å². The predicted molar refractivity (Wildman–Crippen MR) is 96.7 cm³/mol. The fourth-order valence-corrected chi connectivity index (χ4v) is 3.36. The zero-order chi connectivity index (χ0) is 16.6. The molecule has 0 radical (unpaired) electrons. The van der Waals surface area contributed by atoms with Crippen LogP contribution in [-0.2, 0) is 0 Å². The predicted octanol–water partition coefficient (Wildman–Crippen LogP) is 4.26. The Bertz CT molecular complexity index is 689. The third-order valence-electron chi connectivity index (χ3n) is 4.76. The molecular weight excluding hydrogens is 302 g/mol. The number of hydrogen-bond acceptors (Lipinski definition) is 4. The fourth-order valence-electron chi connectivity index (χ4n) is 3.36. The van der Waals surface area contributed by atoms with Crippen molar-refractivity contribution in [3.8, 4) is 5.75 Å². The van der Waals surface area contributed by atoms with Crippen molar-refractivity contribution in [3.05, 3.63) is 40.8 Å². The van der Waals surface area contributed by atoms with E-state index in [-0.39, 0.29) is 5.43 Å². The van der Waals surface area contributed by atoms with Gasteiger partial charge in [-0.15, -0.1) is 0 Å². The Morgan fingerprint density at radius 2 is 2.04 bits per heavy atom. The highest BCUT2D eigenvalue weighted by Gasteiger charge is 2.11. The van der Waals surface area contributed by atoms with Crippen LogP contribution in [0.5, 0.6) is 5.75 Å². The maximum absolute atomic E-state index is 11.8. The Morgan fingerprint density at radius 3 is 2.92 bits per heavy atom. The molecule has 1 aliphatic rings. The van der Waals surface area contributed by atoms with E-state index in [4.69, 9.17) is 9.15 Å². The van der Waals surface area contributed by atoms with Gasteiger partial charge in [0.25, 0.3) is 0 Å². The van der Waals surface area contributed by atoms with Crippen LogP contribution in [0.4, 0.5) is 0 Å². The smallest absolute Gasteiger partial charge is 0.192 e. The van der Waals surface area contributed by atoms with Crippen LogP contribution in [0.1, 0.15) is 51.4 Å². The first-order valence-corrected chi connectivity index (χ1v) is 9.21. The Balaban J connectivity index is 1.33. The molecule has 1 aliphatic heterocycles. The normalized spacial score (nSPS) is 17.9. The standard InChI is InChI=1S/C20H27NO3/c22-19-11-14-24-20-10-9-17(15-18(19)20)23-13-6-2-1-3-7-16-8-4-5-12-21-16/h9-11,14-16,21H,1-8,12-13H2. The van der Waals surface area contributed by atoms with Gasteiger partial charge < -0.3 is 14.5 Å². The number of unbranched alkanes of at least 4 members (excludes halogenated alkanes) is 3. The Labute approximate surface area is 143 Å². The third-order valence-corrected chi connectivity index (χ3v) is 4.76. The molecule has 0 aliphatic carbocycles. The SMILES string of the molecule is O=c1ccoc2ccc(OCCCCCCC3CCCCN3)cc12. The van der Waals surface area contributed by atoms with E-state index in [9.17, 15) is 4.79 Å². The van der Waals surface area contributed by atoms with E-state index in [1.165, 1.54) is 63.8 Å². The van der Waals surface area contributed by atoms with Gasteiger partial charge in [0.2, 0.25) is 0 Å². The van der Waals surface area contributed by atoms with Crippen molar-refractivity contribution in [3.63, 3.8) is 0 Å². The number of ether oxygens (including phenoxy) is 1. The topological polar surface area (TPSA) is 51.5 Å². The lowest BCUT2D eigenvalue weighted by atomic mass is 9.99. The molecule has 2 heterocycles. The summed E-state index contributed by atoms with van der Waals surface area (Å²) in [4.78, 5) is 11.8. The van der Waals surface area contributed by atoms with Crippen molar-refractivity contribution < 1.29 is 9.15 Å². The van der Waals surface area contributed by atoms with Crippen molar-refractivity contribution in [2.24, 2.45) is 0 Å². The van der Waals surface area contributed by atoms with Crippen LogP contribution < -0.4 is 15.5 Å². The molecule has 4 nitrogen and oxygen atoms in total. The largest absolute Gasteiger partial charge is 0.494 e. The monoisotopic (exact) mass is 329 g/mol. The molecule has 2 aromatic rings. The number of nitrogens with one attached hydrogen (secondary N) is 1. The molecule has 3 rings (SSSR count).